The van der Waals surface area contributed by atoms with Gasteiger partial charge in [0.15, 0.2) is 11.5 Å². The maximum absolute atomic E-state index is 12.7. The average molecular weight is 464 g/mol. The molecule has 0 aromatic heterocycles. The van der Waals surface area contributed by atoms with Crippen molar-refractivity contribution in [2.75, 3.05) is 59.4 Å². The van der Waals surface area contributed by atoms with Crippen LogP contribution in [-0.2, 0) is 26.1 Å². The summed E-state index contributed by atoms with van der Waals surface area (Å²) in [4.78, 5) is 14.5. The number of hydrogen-bond donors (Lipinski definition) is 1. The van der Waals surface area contributed by atoms with Crippen LogP contribution in [0.5, 0.6) is 11.5 Å². The van der Waals surface area contributed by atoms with Gasteiger partial charge >= 0.3 is 0 Å². The molecule has 0 bridgehead atoms. The van der Waals surface area contributed by atoms with E-state index in [1.807, 2.05) is 30.1 Å². The number of ether oxygens (including phenoxy) is 3. The summed E-state index contributed by atoms with van der Waals surface area (Å²) < 4.78 is 42.6. The smallest absolute Gasteiger partial charge is 0.243 e. The number of sulfonamides is 1. The number of rotatable bonds is 9. The molecule has 1 amide bonds. The third kappa shape index (κ3) is 5.98. The topological polar surface area (TPSA) is 97.4 Å². The highest BCUT2D eigenvalue weighted by molar-refractivity contribution is 7.89. The molecule has 32 heavy (non-hydrogen) atoms. The zero-order chi connectivity index (χ0) is 23.1. The third-order valence-electron chi connectivity index (χ3n) is 5.06. The molecule has 1 saturated heterocycles. The molecule has 10 heteroatoms. The molecule has 1 aliphatic heterocycles. The first-order valence-corrected chi connectivity index (χ1v) is 11.6. The Morgan fingerprint density at radius 3 is 2.34 bits per heavy atom. The zero-order valence-corrected chi connectivity index (χ0v) is 19.4. The summed E-state index contributed by atoms with van der Waals surface area (Å²) in [6.45, 7) is 2.18. The van der Waals surface area contributed by atoms with Gasteiger partial charge in [0.05, 0.1) is 38.9 Å². The van der Waals surface area contributed by atoms with Crippen molar-refractivity contribution in [3.05, 3.63) is 48.0 Å². The molecule has 1 heterocycles. The van der Waals surface area contributed by atoms with Crippen molar-refractivity contribution in [3.8, 4) is 11.5 Å². The van der Waals surface area contributed by atoms with E-state index in [1.54, 1.807) is 26.4 Å². The molecule has 0 atom stereocenters. The molecule has 0 radical (unpaired) electrons. The first-order valence-electron chi connectivity index (χ1n) is 10.2. The fourth-order valence-corrected chi connectivity index (χ4v) is 4.85. The maximum Gasteiger partial charge on any atom is 0.243 e. The lowest BCUT2D eigenvalue weighted by Crippen LogP contribution is -2.40. The number of methoxy groups -OCH3 is 2. The minimum absolute atomic E-state index is 0.169. The van der Waals surface area contributed by atoms with Gasteiger partial charge in [-0.05, 0) is 49.0 Å². The van der Waals surface area contributed by atoms with E-state index in [9.17, 15) is 13.2 Å². The minimum atomic E-state index is -3.56. The number of benzene rings is 2. The summed E-state index contributed by atoms with van der Waals surface area (Å²) in [7, 11) is 1.44. The summed E-state index contributed by atoms with van der Waals surface area (Å²) in [5.74, 6) is 1.09. The number of hydrogen-bond acceptors (Lipinski definition) is 7. The lowest BCUT2D eigenvalue weighted by Gasteiger charge is -2.26. The van der Waals surface area contributed by atoms with Crippen molar-refractivity contribution in [1.29, 1.82) is 0 Å². The molecule has 1 aliphatic rings. The molecule has 0 saturated carbocycles. The predicted molar refractivity (Wildman–Crippen MR) is 121 cm³/mol. The summed E-state index contributed by atoms with van der Waals surface area (Å²) in [6.07, 6.45) is 0. The second kappa shape index (κ2) is 10.8. The molecular weight excluding hydrogens is 434 g/mol. The number of nitrogens with zero attached hydrogens (tertiary/aromatic N) is 2. The Balaban J connectivity index is 1.55. The highest BCUT2D eigenvalue weighted by Crippen LogP contribution is 2.28. The first-order chi connectivity index (χ1) is 15.3. The first kappa shape index (κ1) is 24.0. The van der Waals surface area contributed by atoms with Crippen LogP contribution in [0.2, 0.25) is 0 Å². The fraction of sp³-hybridized carbons (Fsp3) is 0.409. The van der Waals surface area contributed by atoms with Gasteiger partial charge in [-0.3, -0.25) is 9.69 Å². The minimum Gasteiger partial charge on any atom is -0.493 e. The number of amides is 1. The molecule has 174 valence electrons. The zero-order valence-electron chi connectivity index (χ0n) is 18.5. The van der Waals surface area contributed by atoms with Gasteiger partial charge in [-0.25, -0.2) is 8.42 Å². The van der Waals surface area contributed by atoms with Crippen LogP contribution in [0, 0.1) is 0 Å². The fourth-order valence-electron chi connectivity index (χ4n) is 3.44. The standard InChI is InChI=1S/C22H29N3O6S/c1-24(15-17-4-9-20(29-2)21(14-17)30-3)16-22(26)23-18-5-7-19(8-6-18)32(27,28)25-10-12-31-13-11-25/h4-9,14H,10-13,15-16H2,1-3H3,(H,23,26). The van der Waals surface area contributed by atoms with Crippen molar-refractivity contribution in [2.45, 2.75) is 11.4 Å². The van der Waals surface area contributed by atoms with E-state index in [-0.39, 0.29) is 17.3 Å². The van der Waals surface area contributed by atoms with Crippen LogP contribution in [0.25, 0.3) is 0 Å². The third-order valence-corrected chi connectivity index (χ3v) is 6.97. The molecule has 0 unspecified atom stereocenters. The van der Waals surface area contributed by atoms with Crippen LogP contribution in [0.1, 0.15) is 5.56 Å². The molecule has 3 rings (SSSR count). The molecule has 0 spiro atoms. The lowest BCUT2D eigenvalue weighted by atomic mass is 10.2. The maximum atomic E-state index is 12.7. The van der Waals surface area contributed by atoms with Crippen LogP contribution in [-0.4, -0.2) is 77.6 Å². The molecule has 2 aromatic carbocycles. The van der Waals surface area contributed by atoms with E-state index in [0.29, 0.717) is 50.0 Å². The van der Waals surface area contributed by atoms with Crippen molar-refractivity contribution in [2.24, 2.45) is 0 Å². The van der Waals surface area contributed by atoms with Crippen molar-refractivity contribution in [1.82, 2.24) is 9.21 Å². The number of nitrogens with one attached hydrogen (secondary N) is 1. The summed E-state index contributed by atoms with van der Waals surface area (Å²) >= 11 is 0. The van der Waals surface area contributed by atoms with E-state index in [2.05, 4.69) is 5.32 Å². The van der Waals surface area contributed by atoms with Crippen LogP contribution in [0.15, 0.2) is 47.4 Å². The SMILES string of the molecule is COc1ccc(CN(C)CC(=O)Nc2ccc(S(=O)(=O)N3CCOCC3)cc2)cc1OC. The van der Waals surface area contributed by atoms with Crippen molar-refractivity contribution < 1.29 is 27.4 Å². The van der Waals surface area contributed by atoms with E-state index in [0.717, 1.165) is 5.56 Å². The Hall–Kier alpha value is -2.66. The number of carbonyl (C=O) groups is 1. The summed E-state index contributed by atoms with van der Waals surface area (Å²) in [5, 5.41) is 2.80. The Labute approximate surface area is 188 Å². The highest BCUT2D eigenvalue weighted by Gasteiger charge is 2.26. The van der Waals surface area contributed by atoms with Gasteiger partial charge in [0, 0.05) is 25.3 Å². The largest absolute Gasteiger partial charge is 0.493 e. The number of likely N-dealkylation sites (N-methyl/N-ethyl adjacent to an activating group) is 1. The molecular formula is C22H29N3O6S. The van der Waals surface area contributed by atoms with Crippen LogP contribution in [0.3, 0.4) is 0 Å². The van der Waals surface area contributed by atoms with Gasteiger partial charge in [0.25, 0.3) is 0 Å². The van der Waals surface area contributed by atoms with Gasteiger partial charge < -0.3 is 19.5 Å². The van der Waals surface area contributed by atoms with Crippen LogP contribution < -0.4 is 14.8 Å². The monoisotopic (exact) mass is 463 g/mol. The highest BCUT2D eigenvalue weighted by atomic mass is 32.2. The molecule has 1 fully saturated rings. The summed E-state index contributed by atoms with van der Waals surface area (Å²) in [6, 6.07) is 11.8. The Bertz CT molecular complexity index is 1020. The van der Waals surface area contributed by atoms with E-state index in [4.69, 9.17) is 14.2 Å². The van der Waals surface area contributed by atoms with Gasteiger partial charge in [-0.15, -0.1) is 0 Å². The molecule has 2 aromatic rings. The van der Waals surface area contributed by atoms with Gasteiger partial charge in [0.2, 0.25) is 15.9 Å². The Morgan fingerprint density at radius 1 is 1.06 bits per heavy atom. The van der Waals surface area contributed by atoms with Gasteiger partial charge in [-0.2, -0.15) is 4.31 Å². The van der Waals surface area contributed by atoms with Crippen molar-refractivity contribution in [3.63, 3.8) is 0 Å². The van der Waals surface area contributed by atoms with Gasteiger partial charge in [-0.1, -0.05) is 6.07 Å². The lowest BCUT2D eigenvalue weighted by molar-refractivity contribution is -0.117. The number of anilines is 1. The van der Waals surface area contributed by atoms with E-state index < -0.39 is 10.0 Å². The van der Waals surface area contributed by atoms with E-state index in [1.165, 1.54) is 16.4 Å². The Morgan fingerprint density at radius 2 is 1.72 bits per heavy atom. The Kier molecular flexibility index (Phi) is 8.08. The predicted octanol–water partition coefficient (Wildman–Crippen LogP) is 1.80. The summed E-state index contributed by atoms with van der Waals surface area (Å²) in [5.41, 5.74) is 1.52. The normalized spacial score (nSPS) is 14.9. The number of carbonyl (C=O) groups excluding carboxylic acids is 1. The van der Waals surface area contributed by atoms with Crippen LogP contribution in [0.4, 0.5) is 5.69 Å². The van der Waals surface area contributed by atoms with Crippen LogP contribution >= 0.6 is 0 Å². The quantitative estimate of drug-likeness (QED) is 0.606. The average Bonchev–Trinajstić information content (AvgIpc) is 2.79. The second-order valence-electron chi connectivity index (χ2n) is 7.45. The number of morpholine rings is 1. The second-order valence-corrected chi connectivity index (χ2v) is 9.39. The van der Waals surface area contributed by atoms with Crippen molar-refractivity contribution >= 4 is 21.6 Å². The molecule has 1 N–H and O–H groups in total. The molecule has 0 aliphatic carbocycles. The van der Waals surface area contributed by atoms with E-state index >= 15 is 0 Å². The molecule has 9 nitrogen and oxygen atoms in total. The van der Waals surface area contributed by atoms with Gasteiger partial charge in [0.1, 0.15) is 0 Å².